The molecule has 0 bridgehead atoms. The number of hydrogen-bond donors (Lipinski definition) is 0. The van der Waals surface area contributed by atoms with Gasteiger partial charge in [-0.2, -0.15) is 0 Å². The van der Waals surface area contributed by atoms with Gasteiger partial charge in [-0.05, 0) is 23.6 Å². The van der Waals surface area contributed by atoms with Gasteiger partial charge in [-0.15, -0.1) is 6.58 Å². The summed E-state index contributed by atoms with van der Waals surface area (Å²) in [7, 11) is 1.39. The fraction of sp³-hybridized carbons (Fsp3) is 0.438. The van der Waals surface area contributed by atoms with Crippen LogP contribution >= 0.6 is 11.6 Å². The minimum Gasteiger partial charge on any atom is -0.469 e. The van der Waals surface area contributed by atoms with Crippen LogP contribution in [-0.4, -0.2) is 19.2 Å². The Balaban J connectivity index is 2.18. The van der Waals surface area contributed by atoms with E-state index >= 15 is 0 Å². The molecule has 1 heterocycles. The van der Waals surface area contributed by atoms with Crippen molar-refractivity contribution in [3.8, 4) is 0 Å². The zero-order valence-electron chi connectivity index (χ0n) is 11.7. The molecule has 1 aromatic carbocycles. The maximum absolute atomic E-state index is 11.5. The average Bonchev–Trinajstić information content (AvgIpc) is 2.76. The third-order valence-electron chi connectivity index (χ3n) is 3.93. The van der Waals surface area contributed by atoms with E-state index in [1.807, 2.05) is 30.3 Å². The second-order valence-corrected chi connectivity index (χ2v) is 5.54. The van der Waals surface area contributed by atoms with Gasteiger partial charge in [0.15, 0.2) is 0 Å². The van der Waals surface area contributed by atoms with Crippen LogP contribution in [0.2, 0.25) is 5.02 Å². The smallest absolute Gasteiger partial charge is 0.308 e. The van der Waals surface area contributed by atoms with Gasteiger partial charge in [0.05, 0.1) is 25.7 Å². The molecule has 2 rings (SSSR count). The first-order valence-electron chi connectivity index (χ1n) is 6.67. The van der Waals surface area contributed by atoms with E-state index < -0.39 is 0 Å². The predicted octanol–water partition coefficient (Wildman–Crippen LogP) is 3.78. The van der Waals surface area contributed by atoms with Gasteiger partial charge >= 0.3 is 5.97 Å². The van der Waals surface area contributed by atoms with Crippen molar-refractivity contribution < 1.29 is 14.3 Å². The molecule has 4 heteroatoms. The molecule has 0 radical (unpaired) electrons. The number of halogens is 1. The van der Waals surface area contributed by atoms with Gasteiger partial charge in [0.1, 0.15) is 0 Å². The fourth-order valence-corrected chi connectivity index (χ4v) is 2.83. The molecule has 1 saturated heterocycles. The van der Waals surface area contributed by atoms with E-state index in [-0.39, 0.29) is 36.4 Å². The third kappa shape index (κ3) is 3.05. The van der Waals surface area contributed by atoms with Gasteiger partial charge < -0.3 is 9.47 Å². The topological polar surface area (TPSA) is 35.5 Å². The van der Waals surface area contributed by atoms with E-state index in [1.165, 1.54) is 7.11 Å². The molecule has 1 aliphatic heterocycles. The Morgan fingerprint density at radius 1 is 1.45 bits per heavy atom. The van der Waals surface area contributed by atoms with Crippen LogP contribution in [0, 0.1) is 11.8 Å². The molecule has 1 aliphatic rings. The van der Waals surface area contributed by atoms with Crippen LogP contribution in [-0.2, 0) is 14.3 Å². The predicted molar refractivity (Wildman–Crippen MR) is 78.6 cm³/mol. The van der Waals surface area contributed by atoms with E-state index in [0.717, 1.165) is 5.56 Å². The summed E-state index contributed by atoms with van der Waals surface area (Å²) in [5.41, 5.74) is 1.05. The number of esters is 1. The van der Waals surface area contributed by atoms with Crippen LogP contribution in [0.5, 0.6) is 0 Å². The highest BCUT2D eigenvalue weighted by Gasteiger charge is 2.41. The van der Waals surface area contributed by atoms with Crippen LogP contribution < -0.4 is 0 Å². The first-order chi connectivity index (χ1) is 9.56. The SMILES string of the molecule is C=C[C@@H]1[C@@H](C)[C@H](CC(=O)OC)O[C@H]1c1ccc(Cl)cc1. The van der Waals surface area contributed by atoms with Crippen molar-refractivity contribution in [3.63, 3.8) is 0 Å². The number of methoxy groups -OCH3 is 1. The highest BCUT2D eigenvalue weighted by atomic mass is 35.5. The van der Waals surface area contributed by atoms with Gasteiger partial charge in [-0.1, -0.05) is 36.7 Å². The number of carbonyl (C=O) groups is 1. The van der Waals surface area contributed by atoms with Crippen molar-refractivity contribution >= 4 is 17.6 Å². The number of hydrogen-bond acceptors (Lipinski definition) is 3. The molecule has 20 heavy (non-hydrogen) atoms. The first kappa shape index (κ1) is 15.1. The summed E-state index contributed by atoms with van der Waals surface area (Å²) < 4.78 is 10.8. The van der Waals surface area contributed by atoms with Crippen molar-refractivity contribution in [3.05, 3.63) is 47.5 Å². The van der Waals surface area contributed by atoms with Gasteiger partial charge in [0.25, 0.3) is 0 Å². The lowest BCUT2D eigenvalue weighted by molar-refractivity contribution is -0.144. The summed E-state index contributed by atoms with van der Waals surface area (Å²) >= 11 is 5.91. The van der Waals surface area contributed by atoms with E-state index in [4.69, 9.17) is 21.1 Å². The molecule has 1 fully saturated rings. The van der Waals surface area contributed by atoms with E-state index in [2.05, 4.69) is 13.5 Å². The number of carbonyl (C=O) groups excluding carboxylic acids is 1. The standard InChI is InChI=1S/C16H19ClO3/c1-4-13-10(2)14(9-15(18)19-3)20-16(13)11-5-7-12(17)8-6-11/h4-8,10,13-14,16H,1,9H2,2-3H3/t10-,13-,14+,16+/m1/s1. The average molecular weight is 295 g/mol. The molecule has 0 saturated carbocycles. The minimum atomic E-state index is -0.249. The van der Waals surface area contributed by atoms with Gasteiger partial charge in [0, 0.05) is 10.9 Å². The van der Waals surface area contributed by atoms with Gasteiger partial charge in [-0.3, -0.25) is 4.79 Å². The number of benzene rings is 1. The summed E-state index contributed by atoms with van der Waals surface area (Å²) in [6.45, 7) is 5.98. The molecule has 0 spiro atoms. The molecule has 0 N–H and O–H groups in total. The zero-order valence-corrected chi connectivity index (χ0v) is 12.5. The first-order valence-corrected chi connectivity index (χ1v) is 7.05. The molecule has 3 nitrogen and oxygen atoms in total. The quantitative estimate of drug-likeness (QED) is 0.626. The summed E-state index contributed by atoms with van der Waals surface area (Å²) in [4.78, 5) is 11.5. The van der Waals surface area contributed by atoms with Crippen LogP contribution in [0.4, 0.5) is 0 Å². The molecule has 0 amide bonds. The molecule has 1 aromatic rings. The van der Waals surface area contributed by atoms with Crippen LogP contribution in [0.15, 0.2) is 36.9 Å². The molecular weight excluding hydrogens is 276 g/mol. The highest BCUT2D eigenvalue weighted by Crippen LogP contribution is 2.44. The van der Waals surface area contributed by atoms with E-state index in [0.29, 0.717) is 5.02 Å². The second kappa shape index (κ2) is 6.42. The molecule has 108 valence electrons. The lowest BCUT2D eigenvalue weighted by atomic mass is 9.85. The Bertz CT molecular complexity index is 483. The lowest BCUT2D eigenvalue weighted by Crippen LogP contribution is -2.21. The highest BCUT2D eigenvalue weighted by molar-refractivity contribution is 6.30. The van der Waals surface area contributed by atoms with Crippen LogP contribution in [0.3, 0.4) is 0 Å². The Labute approximate surface area is 124 Å². The fourth-order valence-electron chi connectivity index (χ4n) is 2.70. The maximum atomic E-state index is 11.5. The molecular formula is C16H19ClO3. The van der Waals surface area contributed by atoms with Crippen molar-refractivity contribution in [2.24, 2.45) is 11.8 Å². The Morgan fingerprint density at radius 3 is 2.65 bits per heavy atom. The summed E-state index contributed by atoms with van der Waals surface area (Å²) in [6.07, 6.45) is 1.94. The zero-order chi connectivity index (χ0) is 14.7. The monoisotopic (exact) mass is 294 g/mol. The Morgan fingerprint density at radius 2 is 2.10 bits per heavy atom. The van der Waals surface area contributed by atoms with E-state index in [1.54, 1.807) is 0 Å². The Kier molecular flexibility index (Phi) is 4.84. The van der Waals surface area contributed by atoms with Crippen molar-refractivity contribution in [1.82, 2.24) is 0 Å². The molecule has 4 atom stereocenters. The van der Waals surface area contributed by atoms with E-state index in [9.17, 15) is 4.79 Å². The molecule has 0 aromatic heterocycles. The van der Waals surface area contributed by atoms with Gasteiger partial charge in [-0.25, -0.2) is 0 Å². The van der Waals surface area contributed by atoms with Crippen LogP contribution in [0.25, 0.3) is 0 Å². The third-order valence-corrected chi connectivity index (χ3v) is 4.18. The molecule has 0 aliphatic carbocycles. The summed E-state index contributed by atoms with van der Waals surface area (Å²) in [5, 5.41) is 0.695. The van der Waals surface area contributed by atoms with Gasteiger partial charge in [0.2, 0.25) is 0 Å². The normalized spacial score (nSPS) is 29.1. The van der Waals surface area contributed by atoms with Crippen molar-refractivity contribution in [1.29, 1.82) is 0 Å². The maximum Gasteiger partial charge on any atom is 0.308 e. The van der Waals surface area contributed by atoms with Crippen LogP contribution in [0.1, 0.15) is 25.0 Å². The lowest BCUT2D eigenvalue weighted by Gasteiger charge is -2.17. The largest absolute Gasteiger partial charge is 0.469 e. The molecule has 0 unspecified atom stereocenters. The minimum absolute atomic E-state index is 0.0885. The number of ether oxygens (including phenoxy) is 2. The number of rotatable bonds is 4. The van der Waals surface area contributed by atoms with Crippen molar-refractivity contribution in [2.75, 3.05) is 7.11 Å². The Hall–Kier alpha value is -1.32. The van der Waals surface area contributed by atoms with Crippen molar-refractivity contribution in [2.45, 2.75) is 25.6 Å². The summed E-state index contributed by atoms with van der Waals surface area (Å²) in [5.74, 6) is 0.138. The summed E-state index contributed by atoms with van der Waals surface area (Å²) in [6, 6.07) is 7.60. The second-order valence-electron chi connectivity index (χ2n) is 5.10.